The minimum atomic E-state index is -3.73. The van der Waals surface area contributed by atoms with Crippen molar-refractivity contribution >= 4 is 37.8 Å². The van der Waals surface area contributed by atoms with Gasteiger partial charge in [0.2, 0.25) is 15.9 Å². The zero-order chi connectivity index (χ0) is 20.0. The van der Waals surface area contributed by atoms with Crippen LogP contribution >= 0.6 is 15.9 Å². The molecule has 0 spiro atoms. The Kier molecular flexibility index (Phi) is 7.11. The molecule has 144 valence electrons. The summed E-state index contributed by atoms with van der Waals surface area (Å²) in [6.45, 7) is 3.63. The summed E-state index contributed by atoms with van der Waals surface area (Å²) in [6.07, 6.45) is -0.128. The lowest BCUT2D eigenvalue weighted by Gasteiger charge is -2.11. The van der Waals surface area contributed by atoms with E-state index in [1.807, 2.05) is 13.0 Å². The molecule has 2 aromatic rings. The molecule has 0 aliphatic rings. The molecule has 0 fully saturated rings. The lowest BCUT2D eigenvalue weighted by atomic mass is 10.1. The van der Waals surface area contributed by atoms with Crippen molar-refractivity contribution in [2.45, 2.75) is 25.2 Å². The number of hydrazine groups is 1. The van der Waals surface area contributed by atoms with Crippen LogP contribution < -0.4 is 15.6 Å². The molecule has 0 aliphatic carbocycles. The third kappa shape index (κ3) is 5.88. The number of aryl methyl sites for hydroxylation is 2. The Morgan fingerprint density at radius 1 is 1.04 bits per heavy atom. The number of rotatable bonds is 6. The molecule has 0 radical (unpaired) electrons. The first-order chi connectivity index (χ1) is 12.7. The number of halogens is 1. The summed E-state index contributed by atoms with van der Waals surface area (Å²) in [5, 5.41) is 0. The van der Waals surface area contributed by atoms with E-state index in [1.165, 1.54) is 6.07 Å². The summed E-state index contributed by atoms with van der Waals surface area (Å²) >= 11 is 3.18. The highest BCUT2D eigenvalue weighted by atomic mass is 79.9. The van der Waals surface area contributed by atoms with Gasteiger partial charge in [0.1, 0.15) is 0 Å². The molecule has 2 rings (SSSR count). The van der Waals surface area contributed by atoms with Crippen LogP contribution in [0.15, 0.2) is 51.8 Å². The van der Waals surface area contributed by atoms with Gasteiger partial charge < -0.3 is 0 Å². The zero-order valence-electron chi connectivity index (χ0n) is 14.9. The topological polar surface area (TPSA) is 104 Å². The Morgan fingerprint density at radius 3 is 2.41 bits per heavy atom. The molecule has 27 heavy (non-hydrogen) atoms. The third-order valence-corrected chi connectivity index (χ3v) is 6.19. The fourth-order valence-electron chi connectivity index (χ4n) is 2.36. The average molecular weight is 454 g/mol. The number of nitrogens with one attached hydrogen (secondary N) is 3. The first kappa shape index (κ1) is 21.1. The highest BCUT2D eigenvalue weighted by Gasteiger charge is 2.17. The summed E-state index contributed by atoms with van der Waals surface area (Å²) in [4.78, 5) is 24.0. The Labute approximate surface area is 166 Å². The van der Waals surface area contributed by atoms with Gasteiger partial charge in [0, 0.05) is 23.0 Å². The molecular weight excluding hydrogens is 434 g/mol. The summed E-state index contributed by atoms with van der Waals surface area (Å²) in [5.74, 6) is -0.947. The van der Waals surface area contributed by atoms with E-state index in [0.29, 0.717) is 10.0 Å². The molecule has 7 nitrogen and oxygen atoms in total. The molecule has 0 aliphatic heterocycles. The molecule has 3 N–H and O–H groups in total. The molecule has 0 aromatic heterocycles. The van der Waals surface area contributed by atoms with Crippen LogP contribution in [0.3, 0.4) is 0 Å². The van der Waals surface area contributed by atoms with Gasteiger partial charge in [-0.2, -0.15) is 0 Å². The van der Waals surface area contributed by atoms with Crippen molar-refractivity contribution in [2.24, 2.45) is 0 Å². The number of sulfonamides is 1. The van der Waals surface area contributed by atoms with E-state index in [9.17, 15) is 18.0 Å². The number of carbonyl (C=O) groups excluding carboxylic acids is 2. The maximum atomic E-state index is 12.2. The van der Waals surface area contributed by atoms with Gasteiger partial charge in [-0.05, 0) is 53.5 Å². The first-order valence-corrected chi connectivity index (χ1v) is 10.4. The minimum Gasteiger partial charge on any atom is -0.273 e. The molecule has 0 bridgehead atoms. The molecule has 0 atom stereocenters. The predicted octanol–water partition coefficient (Wildman–Crippen LogP) is 2.20. The third-order valence-electron chi connectivity index (χ3n) is 3.71. The van der Waals surface area contributed by atoms with Gasteiger partial charge in [0.25, 0.3) is 5.91 Å². The number of hydrogen-bond acceptors (Lipinski definition) is 4. The van der Waals surface area contributed by atoms with Crippen LogP contribution in [0.1, 0.15) is 27.9 Å². The maximum absolute atomic E-state index is 12.2. The lowest BCUT2D eigenvalue weighted by Crippen LogP contribution is -2.43. The van der Waals surface area contributed by atoms with Crippen LogP contribution in [0.4, 0.5) is 0 Å². The van der Waals surface area contributed by atoms with E-state index in [2.05, 4.69) is 31.5 Å². The van der Waals surface area contributed by atoms with E-state index in [-0.39, 0.29) is 17.9 Å². The highest BCUT2D eigenvalue weighted by Crippen LogP contribution is 2.20. The van der Waals surface area contributed by atoms with Crippen molar-refractivity contribution in [3.8, 4) is 0 Å². The van der Waals surface area contributed by atoms with Gasteiger partial charge in [-0.1, -0.05) is 29.8 Å². The normalized spacial score (nSPS) is 11.1. The van der Waals surface area contributed by atoms with Gasteiger partial charge in [0.05, 0.1) is 4.90 Å². The lowest BCUT2D eigenvalue weighted by molar-refractivity contribution is -0.121. The van der Waals surface area contributed by atoms with E-state index in [1.54, 1.807) is 37.3 Å². The van der Waals surface area contributed by atoms with Crippen LogP contribution in [0.25, 0.3) is 0 Å². The van der Waals surface area contributed by atoms with Gasteiger partial charge >= 0.3 is 0 Å². The zero-order valence-corrected chi connectivity index (χ0v) is 17.3. The van der Waals surface area contributed by atoms with E-state index in [4.69, 9.17) is 0 Å². The van der Waals surface area contributed by atoms with Gasteiger partial charge in [-0.15, -0.1) is 0 Å². The van der Waals surface area contributed by atoms with Crippen molar-refractivity contribution in [3.63, 3.8) is 0 Å². The van der Waals surface area contributed by atoms with Gasteiger partial charge in [0.15, 0.2) is 0 Å². The summed E-state index contributed by atoms with van der Waals surface area (Å²) in [6, 6.07) is 11.7. The van der Waals surface area contributed by atoms with Gasteiger partial charge in [-0.3, -0.25) is 20.4 Å². The van der Waals surface area contributed by atoms with Crippen molar-refractivity contribution in [3.05, 3.63) is 63.6 Å². The van der Waals surface area contributed by atoms with Crippen molar-refractivity contribution in [2.75, 3.05) is 6.54 Å². The van der Waals surface area contributed by atoms with E-state index in [0.717, 1.165) is 11.1 Å². The summed E-state index contributed by atoms with van der Waals surface area (Å²) in [5.41, 5.74) is 6.88. The standard InChI is InChI=1S/C18H20BrN3O4S/c1-12-7-8-14(13(2)11-12)18(24)22-21-17(23)9-10-20-27(25,26)16-6-4-3-5-15(16)19/h3-8,11,20H,9-10H2,1-2H3,(H,21,23)(H,22,24). The Bertz CT molecular complexity index is 961. The molecule has 0 unspecified atom stereocenters. The number of carbonyl (C=O) groups is 2. The monoisotopic (exact) mass is 453 g/mol. The van der Waals surface area contributed by atoms with Crippen molar-refractivity contribution in [1.82, 2.24) is 15.6 Å². The predicted molar refractivity (Wildman–Crippen MR) is 105 cm³/mol. The summed E-state index contributed by atoms with van der Waals surface area (Å²) in [7, 11) is -3.73. The molecule has 2 amide bonds. The fraction of sp³-hybridized carbons (Fsp3) is 0.222. The quantitative estimate of drug-likeness (QED) is 0.582. The number of hydrogen-bond donors (Lipinski definition) is 3. The van der Waals surface area contributed by atoms with E-state index >= 15 is 0 Å². The molecule has 0 heterocycles. The Hall–Kier alpha value is -2.23. The molecule has 9 heteroatoms. The van der Waals surface area contributed by atoms with Crippen LogP contribution in [0, 0.1) is 13.8 Å². The maximum Gasteiger partial charge on any atom is 0.269 e. The van der Waals surface area contributed by atoms with Crippen LogP contribution in [0.5, 0.6) is 0 Å². The first-order valence-electron chi connectivity index (χ1n) is 8.11. The molecule has 0 saturated heterocycles. The minimum absolute atomic E-state index is 0.0913. The fourth-order valence-corrected chi connectivity index (χ4v) is 4.40. The van der Waals surface area contributed by atoms with Crippen molar-refractivity contribution < 1.29 is 18.0 Å². The second-order valence-electron chi connectivity index (χ2n) is 5.90. The molecular formula is C18H20BrN3O4S. The van der Waals surface area contributed by atoms with Gasteiger partial charge in [-0.25, -0.2) is 13.1 Å². The largest absolute Gasteiger partial charge is 0.273 e. The number of benzene rings is 2. The van der Waals surface area contributed by atoms with E-state index < -0.39 is 21.8 Å². The van der Waals surface area contributed by atoms with Crippen LogP contribution in [-0.4, -0.2) is 26.8 Å². The highest BCUT2D eigenvalue weighted by molar-refractivity contribution is 9.10. The van der Waals surface area contributed by atoms with Crippen molar-refractivity contribution in [1.29, 1.82) is 0 Å². The second kappa shape index (κ2) is 9.12. The second-order valence-corrected chi connectivity index (χ2v) is 8.49. The molecule has 0 saturated carbocycles. The Balaban J connectivity index is 1.83. The smallest absolute Gasteiger partial charge is 0.269 e. The number of amides is 2. The molecule has 2 aromatic carbocycles. The van der Waals surface area contributed by atoms with Crippen LogP contribution in [-0.2, 0) is 14.8 Å². The SMILES string of the molecule is Cc1ccc(C(=O)NNC(=O)CCNS(=O)(=O)c2ccccc2Br)c(C)c1. The Morgan fingerprint density at radius 2 is 1.74 bits per heavy atom. The summed E-state index contributed by atoms with van der Waals surface area (Å²) < 4.78 is 27.2. The van der Waals surface area contributed by atoms with Crippen LogP contribution in [0.2, 0.25) is 0 Å². The average Bonchev–Trinajstić information content (AvgIpc) is 2.59.